The molecule has 1 amide bonds. The average Bonchev–Trinajstić information content (AvgIpc) is 3.12. The van der Waals surface area contributed by atoms with E-state index in [0.717, 1.165) is 17.7 Å². The molecular weight excluding hydrogens is 456 g/mol. The fraction of sp³-hybridized carbons (Fsp3) is 0.185. The largest absolute Gasteiger partial charge is 0.507 e. The van der Waals surface area contributed by atoms with Crippen LogP contribution in [0.1, 0.15) is 22.7 Å². The summed E-state index contributed by atoms with van der Waals surface area (Å²) in [6, 6.07) is 14.7. The number of carbonyl (C=O) groups is 2. The van der Waals surface area contributed by atoms with Crippen LogP contribution in [0.2, 0.25) is 0 Å². The molecule has 0 aliphatic carbocycles. The van der Waals surface area contributed by atoms with Gasteiger partial charge in [0.25, 0.3) is 11.7 Å². The summed E-state index contributed by atoms with van der Waals surface area (Å²) in [5.41, 5.74) is 1.35. The van der Waals surface area contributed by atoms with Crippen molar-refractivity contribution < 1.29 is 33.0 Å². The predicted octanol–water partition coefficient (Wildman–Crippen LogP) is 4.65. The molecule has 1 heterocycles. The van der Waals surface area contributed by atoms with E-state index in [2.05, 4.69) is 0 Å². The van der Waals surface area contributed by atoms with Gasteiger partial charge in [0.05, 0.1) is 25.8 Å². The minimum atomic E-state index is -0.944. The minimum Gasteiger partial charge on any atom is -0.507 e. The highest BCUT2D eigenvalue weighted by molar-refractivity contribution is 6.46. The van der Waals surface area contributed by atoms with Crippen molar-refractivity contribution in [2.45, 2.75) is 12.5 Å². The van der Waals surface area contributed by atoms with Crippen LogP contribution in [0.5, 0.6) is 11.5 Å². The molecule has 3 aromatic carbocycles. The number of halogens is 2. The highest BCUT2D eigenvalue weighted by atomic mass is 19.1. The van der Waals surface area contributed by atoms with Gasteiger partial charge in [-0.15, -0.1) is 0 Å². The van der Waals surface area contributed by atoms with Gasteiger partial charge in [0, 0.05) is 12.1 Å². The summed E-state index contributed by atoms with van der Waals surface area (Å²) < 4.78 is 37.6. The van der Waals surface area contributed by atoms with Crippen LogP contribution in [-0.4, -0.2) is 42.5 Å². The van der Waals surface area contributed by atoms with Gasteiger partial charge >= 0.3 is 0 Å². The molecule has 4 rings (SSSR count). The van der Waals surface area contributed by atoms with Crippen molar-refractivity contribution in [2.75, 3.05) is 20.8 Å². The summed E-state index contributed by atoms with van der Waals surface area (Å²) >= 11 is 0. The number of aliphatic hydroxyl groups is 1. The van der Waals surface area contributed by atoms with Gasteiger partial charge < -0.3 is 19.5 Å². The molecule has 1 N–H and O–H groups in total. The first-order valence-corrected chi connectivity index (χ1v) is 10.8. The first kappa shape index (κ1) is 23.9. The Kier molecular flexibility index (Phi) is 6.82. The molecule has 0 spiro atoms. The average molecular weight is 479 g/mol. The lowest BCUT2D eigenvalue weighted by molar-refractivity contribution is -0.139. The standard InChI is InChI=1S/C27H23F2NO5/c1-34-21-12-3-16(15-22(21)35-2)13-14-30-24(17-4-8-19(28)9-5-17)23(26(32)27(30)33)25(31)18-6-10-20(29)11-7-18/h3-12,15,24,31H,13-14H2,1-2H3/b25-23-. The molecule has 0 saturated carbocycles. The van der Waals surface area contributed by atoms with Crippen molar-refractivity contribution >= 4 is 17.4 Å². The topological polar surface area (TPSA) is 76.1 Å². The van der Waals surface area contributed by atoms with E-state index in [9.17, 15) is 23.5 Å². The molecule has 1 saturated heterocycles. The second-order valence-corrected chi connectivity index (χ2v) is 7.99. The molecule has 0 radical (unpaired) electrons. The van der Waals surface area contributed by atoms with Gasteiger partial charge in [-0.1, -0.05) is 18.2 Å². The van der Waals surface area contributed by atoms with Crippen molar-refractivity contribution in [2.24, 2.45) is 0 Å². The lowest BCUT2D eigenvalue weighted by Gasteiger charge is -2.25. The zero-order chi connectivity index (χ0) is 25.1. The highest BCUT2D eigenvalue weighted by Crippen LogP contribution is 2.39. The van der Waals surface area contributed by atoms with Crippen LogP contribution >= 0.6 is 0 Å². The van der Waals surface area contributed by atoms with E-state index in [4.69, 9.17) is 9.47 Å². The summed E-state index contributed by atoms with van der Waals surface area (Å²) in [5, 5.41) is 11.0. The molecular formula is C27H23F2NO5. The van der Waals surface area contributed by atoms with Crippen LogP contribution in [-0.2, 0) is 16.0 Å². The maximum absolute atomic E-state index is 13.6. The normalized spacial score (nSPS) is 17.0. The number of likely N-dealkylation sites (tertiary alicyclic amines) is 1. The lowest BCUT2D eigenvalue weighted by atomic mass is 9.95. The second-order valence-electron chi connectivity index (χ2n) is 7.99. The number of rotatable bonds is 7. The molecule has 35 heavy (non-hydrogen) atoms. The van der Waals surface area contributed by atoms with E-state index < -0.39 is 35.1 Å². The second kappa shape index (κ2) is 9.97. The van der Waals surface area contributed by atoms with Gasteiger partial charge in [-0.05, 0) is 66.1 Å². The number of hydrogen-bond acceptors (Lipinski definition) is 5. The maximum Gasteiger partial charge on any atom is 0.295 e. The van der Waals surface area contributed by atoms with E-state index in [1.54, 1.807) is 12.1 Å². The first-order chi connectivity index (χ1) is 16.8. The number of nitrogens with zero attached hydrogens (tertiary/aromatic N) is 1. The van der Waals surface area contributed by atoms with Crippen molar-refractivity contribution in [3.63, 3.8) is 0 Å². The summed E-state index contributed by atoms with van der Waals surface area (Å²) in [6.45, 7) is 0.141. The van der Waals surface area contributed by atoms with E-state index in [0.29, 0.717) is 23.5 Å². The lowest BCUT2D eigenvalue weighted by Crippen LogP contribution is -2.31. The minimum absolute atomic E-state index is 0.138. The van der Waals surface area contributed by atoms with Crippen molar-refractivity contribution in [3.8, 4) is 11.5 Å². The Morgan fingerprint density at radius 3 is 2.09 bits per heavy atom. The van der Waals surface area contributed by atoms with Gasteiger partial charge in [-0.25, -0.2) is 8.78 Å². The van der Waals surface area contributed by atoms with Gasteiger partial charge in [0.15, 0.2) is 11.5 Å². The SMILES string of the molecule is COc1ccc(CCN2C(=O)C(=O)/C(=C(\O)c3ccc(F)cc3)C2c2ccc(F)cc2)cc1OC. The zero-order valence-electron chi connectivity index (χ0n) is 19.1. The number of ketones is 1. The van der Waals surface area contributed by atoms with Crippen molar-refractivity contribution in [1.82, 2.24) is 4.90 Å². The van der Waals surface area contributed by atoms with Gasteiger partial charge in [0.1, 0.15) is 17.4 Å². The Balaban J connectivity index is 1.73. The Labute approximate surface area is 201 Å². The Bertz CT molecular complexity index is 1290. The molecule has 1 unspecified atom stereocenters. The van der Waals surface area contributed by atoms with Crippen LogP contribution in [0, 0.1) is 11.6 Å². The van der Waals surface area contributed by atoms with Gasteiger partial charge in [-0.2, -0.15) is 0 Å². The fourth-order valence-corrected chi connectivity index (χ4v) is 4.15. The molecule has 6 nitrogen and oxygen atoms in total. The van der Waals surface area contributed by atoms with E-state index in [-0.39, 0.29) is 17.7 Å². The number of carbonyl (C=O) groups excluding carboxylic acids is 2. The number of methoxy groups -OCH3 is 2. The molecule has 3 aromatic rings. The van der Waals surface area contributed by atoms with E-state index >= 15 is 0 Å². The zero-order valence-corrected chi connectivity index (χ0v) is 19.1. The monoisotopic (exact) mass is 479 g/mol. The van der Waals surface area contributed by atoms with Crippen LogP contribution in [0.15, 0.2) is 72.3 Å². The third-order valence-corrected chi connectivity index (χ3v) is 5.93. The number of benzene rings is 3. The van der Waals surface area contributed by atoms with E-state index in [1.807, 2.05) is 6.07 Å². The van der Waals surface area contributed by atoms with Crippen LogP contribution in [0.25, 0.3) is 5.76 Å². The molecule has 1 aliphatic rings. The maximum atomic E-state index is 13.6. The number of amides is 1. The van der Waals surface area contributed by atoms with Gasteiger partial charge in [0.2, 0.25) is 0 Å². The van der Waals surface area contributed by atoms with Crippen LogP contribution in [0.3, 0.4) is 0 Å². The summed E-state index contributed by atoms with van der Waals surface area (Å²) in [6.07, 6.45) is 0.377. The van der Waals surface area contributed by atoms with Crippen LogP contribution in [0.4, 0.5) is 8.78 Å². The molecule has 0 aromatic heterocycles. The summed E-state index contributed by atoms with van der Waals surface area (Å²) in [5.74, 6) is -1.98. The number of hydrogen-bond donors (Lipinski definition) is 1. The number of aliphatic hydroxyl groups excluding tert-OH is 1. The van der Waals surface area contributed by atoms with Gasteiger partial charge in [-0.3, -0.25) is 9.59 Å². The third kappa shape index (κ3) is 4.73. The molecule has 8 heteroatoms. The molecule has 0 bridgehead atoms. The number of Topliss-reactive ketones (excluding diaryl/α,β-unsaturated/α-hetero) is 1. The van der Waals surface area contributed by atoms with Crippen LogP contribution < -0.4 is 9.47 Å². The number of ether oxygens (including phenoxy) is 2. The van der Waals surface area contributed by atoms with E-state index in [1.165, 1.54) is 55.5 Å². The summed E-state index contributed by atoms with van der Waals surface area (Å²) in [4.78, 5) is 27.5. The Hall–Kier alpha value is -4.20. The molecule has 1 atom stereocenters. The molecule has 1 fully saturated rings. The summed E-state index contributed by atoms with van der Waals surface area (Å²) in [7, 11) is 3.05. The fourth-order valence-electron chi connectivity index (χ4n) is 4.15. The Morgan fingerprint density at radius 2 is 1.49 bits per heavy atom. The Morgan fingerprint density at radius 1 is 0.886 bits per heavy atom. The van der Waals surface area contributed by atoms with Crippen molar-refractivity contribution in [1.29, 1.82) is 0 Å². The third-order valence-electron chi connectivity index (χ3n) is 5.93. The predicted molar refractivity (Wildman–Crippen MR) is 125 cm³/mol. The van der Waals surface area contributed by atoms with Crippen molar-refractivity contribution in [3.05, 3.63) is 101 Å². The molecule has 180 valence electrons. The smallest absolute Gasteiger partial charge is 0.295 e. The molecule has 1 aliphatic heterocycles. The highest BCUT2D eigenvalue weighted by Gasteiger charge is 2.45. The quantitative estimate of drug-likeness (QED) is 0.303. The first-order valence-electron chi connectivity index (χ1n) is 10.8.